The molecular formula is C17H20N4O5S. The monoisotopic (exact) mass is 392 g/mol. The number of hydrogen-bond acceptors (Lipinski definition) is 6. The van der Waals surface area contributed by atoms with Crippen LogP contribution in [0.25, 0.3) is 11.5 Å². The fourth-order valence-corrected chi connectivity index (χ4v) is 4.91. The lowest BCUT2D eigenvalue weighted by Crippen LogP contribution is -2.56. The first-order chi connectivity index (χ1) is 12.9. The van der Waals surface area contributed by atoms with Gasteiger partial charge in [0.2, 0.25) is 15.9 Å². The fourth-order valence-electron chi connectivity index (χ4n) is 2.98. The number of aromatic nitrogens is 2. The number of sulfonamides is 1. The number of nitrogens with zero attached hydrogens (tertiary/aromatic N) is 3. The third-order valence-electron chi connectivity index (χ3n) is 4.79. The lowest BCUT2D eigenvalue weighted by atomic mass is 10.0. The van der Waals surface area contributed by atoms with E-state index in [2.05, 4.69) is 10.4 Å². The van der Waals surface area contributed by atoms with E-state index in [1.165, 1.54) is 21.3 Å². The molecule has 27 heavy (non-hydrogen) atoms. The first-order valence-electron chi connectivity index (χ1n) is 8.84. The summed E-state index contributed by atoms with van der Waals surface area (Å²) >= 11 is 0. The van der Waals surface area contributed by atoms with Crippen LogP contribution in [0.3, 0.4) is 0 Å². The van der Waals surface area contributed by atoms with E-state index >= 15 is 0 Å². The molecule has 1 amide bonds. The van der Waals surface area contributed by atoms with E-state index in [-0.39, 0.29) is 48.8 Å². The summed E-state index contributed by atoms with van der Waals surface area (Å²) in [4.78, 5) is 24.1. The SMILES string of the molecule is O=C(NCCn1nc(-c2ccco2)ccc1=O)C1CN(S(=O)(=O)C2CC2)C1. The smallest absolute Gasteiger partial charge is 0.266 e. The van der Waals surface area contributed by atoms with Gasteiger partial charge in [-0.05, 0) is 31.0 Å². The van der Waals surface area contributed by atoms with E-state index in [0.717, 1.165) is 0 Å². The van der Waals surface area contributed by atoms with Crippen molar-refractivity contribution in [1.29, 1.82) is 0 Å². The summed E-state index contributed by atoms with van der Waals surface area (Å²) in [5.41, 5.74) is 0.260. The second kappa shape index (κ2) is 6.93. The van der Waals surface area contributed by atoms with E-state index in [1.807, 2.05) is 0 Å². The van der Waals surface area contributed by atoms with Crippen molar-refractivity contribution in [3.63, 3.8) is 0 Å². The van der Waals surface area contributed by atoms with E-state index < -0.39 is 10.0 Å². The predicted molar refractivity (Wildman–Crippen MR) is 96.2 cm³/mol. The fraction of sp³-hybridized carbons (Fsp3) is 0.471. The van der Waals surface area contributed by atoms with Gasteiger partial charge in [-0.3, -0.25) is 9.59 Å². The molecule has 0 spiro atoms. The zero-order valence-electron chi connectivity index (χ0n) is 14.6. The second-order valence-electron chi connectivity index (χ2n) is 6.81. The number of carbonyl (C=O) groups excluding carboxylic acids is 1. The molecule has 4 rings (SSSR count). The Balaban J connectivity index is 1.28. The molecule has 2 aliphatic rings. The zero-order valence-corrected chi connectivity index (χ0v) is 15.4. The van der Waals surface area contributed by atoms with Gasteiger partial charge in [0.05, 0.1) is 24.0 Å². The van der Waals surface area contributed by atoms with Gasteiger partial charge in [-0.2, -0.15) is 9.40 Å². The van der Waals surface area contributed by atoms with Crippen molar-refractivity contribution in [2.75, 3.05) is 19.6 Å². The Bertz CT molecular complexity index is 989. The average Bonchev–Trinajstić information content (AvgIpc) is 3.32. The van der Waals surface area contributed by atoms with Crippen molar-refractivity contribution < 1.29 is 17.6 Å². The maximum atomic E-state index is 12.2. The Morgan fingerprint density at radius 3 is 2.70 bits per heavy atom. The Morgan fingerprint density at radius 2 is 2.04 bits per heavy atom. The molecule has 10 heteroatoms. The molecule has 2 aromatic rings. The van der Waals surface area contributed by atoms with Crippen LogP contribution >= 0.6 is 0 Å². The van der Waals surface area contributed by atoms with E-state index in [4.69, 9.17) is 4.42 Å². The number of rotatable bonds is 7. The van der Waals surface area contributed by atoms with Crippen molar-refractivity contribution in [1.82, 2.24) is 19.4 Å². The highest BCUT2D eigenvalue weighted by Crippen LogP contribution is 2.34. The van der Waals surface area contributed by atoms with Crippen LogP contribution < -0.4 is 10.9 Å². The number of furan rings is 1. The van der Waals surface area contributed by atoms with Gasteiger partial charge in [-0.15, -0.1) is 0 Å². The van der Waals surface area contributed by atoms with Gasteiger partial charge in [-0.25, -0.2) is 13.1 Å². The highest BCUT2D eigenvalue weighted by atomic mass is 32.2. The largest absolute Gasteiger partial charge is 0.463 e. The van der Waals surface area contributed by atoms with Crippen LogP contribution in [0.4, 0.5) is 0 Å². The zero-order chi connectivity index (χ0) is 19.0. The Labute approximate surface area is 156 Å². The molecule has 9 nitrogen and oxygen atoms in total. The summed E-state index contributed by atoms with van der Waals surface area (Å²) in [6.07, 6.45) is 2.96. The molecule has 1 aliphatic heterocycles. The second-order valence-corrected chi connectivity index (χ2v) is 9.02. The summed E-state index contributed by atoms with van der Waals surface area (Å²) < 4.78 is 32.0. The van der Waals surface area contributed by atoms with Gasteiger partial charge in [0.1, 0.15) is 5.69 Å². The van der Waals surface area contributed by atoms with Crippen LogP contribution in [-0.2, 0) is 21.4 Å². The maximum absolute atomic E-state index is 12.2. The summed E-state index contributed by atoms with van der Waals surface area (Å²) in [5.74, 6) is 0.0179. The molecular weight excluding hydrogens is 372 g/mol. The Hall–Kier alpha value is -2.46. The first kappa shape index (κ1) is 17.9. The normalized spacial score (nSPS) is 18.2. The van der Waals surface area contributed by atoms with Crippen molar-refractivity contribution in [3.05, 3.63) is 40.9 Å². The van der Waals surface area contributed by atoms with Crippen molar-refractivity contribution in [2.24, 2.45) is 5.92 Å². The molecule has 0 bridgehead atoms. The number of amides is 1. The summed E-state index contributed by atoms with van der Waals surface area (Å²) in [7, 11) is -3.20. The molecule has 0 aromatic carbocycles. The Morgan fingerprint density at radius 1 is 1.26 bits per heavy atom. The maximum Gasteiger partial charge on any atom is 0.266 e. The minimum atomic E-state index is -3.20. The standard InChI is InChI=1S/C17H20N4O5S/c22-16-6-5-14(15-2-1-9-26-15)19-21(16)8-7-18-17(23)12-10-20(11-12)27(24,25)13-3-4-13/h1-2,5-6,9,12-13H,3-4,7-8,10-11H2,(H,18,23). The van der Waals surface area contributed by atoms with Crippen LogP contribution in [0.2, 0.25) is 0 Å². The quantitative estimate of drug-likeness (QED) is 0.712. The lowest BCUT2D eigenvalue weighted by Gasteiger charge is -2.37. The van der Waals surface area contributed by atoms with Gasteiger partial charge in [0.15, 0.2) is 5.76 Å². The summed E-state index contributed by atoms with van der Waals surface area (Å²) in [6.45, 7) is 0.919. The first-order valence-corrected chi connectivity index (χ1v) is 10.3. The predicted octanol–water partition coefficient (Wildman–Crippen LogP) is 0.0435. The van der Waals surface area contributed by atoms with Gasteiger partial charge in [-0.1, -0.05) is 0 Å². The van der Waals surface area contributed by atoms with Crippen LogP contribution in [0.5, 0.6) is 0 Å². The molecule has 1 saturated carbocycles. The van der Waals surface area contributed by atoms with Crippen LogP contribution in [0.1, 0.15) is 12.8 Å². The lowest BCUT2D eigenvalue weighted by molar-refractivity contribution is -0.128. The van der Waals surface area contributed by atoms with E-state index in [1.54, 1.807) is 18.2 Å². The number of carbonyl (C=O) groups is 1. The minimum absolute atomic E-state index is 0.201. The molecule has 3 heterocycles. The molecule has 1 aliphatic carbocycles. The van der Waals surface area contributed by atoms with Gasteiger partial charge in [0, 0.05) is 25.7 Å². The van der Waals surface area contributed by atoms with Crippen LogP contribution in [0, 0.1) is 5.92 Å². The van der Waals surface area contributed by atoms with Crippen LogP contribution in [0.15, 0.2) is 39.7 Å². The molecule has 1 N–H and O–H groups in total. The van der Waals surface area contributed by atoms with Crippen LogP contribution in [-0.4, -0.2) is 53.3 Å². The molecule has 0 radical (unpaired) electrons. The topological polar surface area (TPSA) is 115 Å². The third-order valence-corrected chi connectivity index (χ3v) is 7.12. The molecule has 2 aromatic heterocycles. The van der Waals surface area contributed by atoms with Gasteiger partial charge < -0.3 is 9.73 Å². The highest BCUT2D eigenvalue weighted by molar-refractivity contribution is 7.90. The molecule has 0 atom stereocenters. The number of hydrogen-bond donors (Lipinski definition) is 1. The molecule has 0 unspecified atom stereocenters. The molecule has 2 fully saturated rings. The van der Waals surface area contributed by atoms with Crippen molar-refractivity contribution in [3.8, 4) is 11.5 Å². The van der Waals surface area contributed by atoms with Crippen molar-refractivity contribution in [2.45, 2.75) is 24.6 Å². The molecule has 1 saturated heterocycles. The molecule has 144 valence electrons. The van der Waals surface area contributed by atoms with E-state index in [0.29, 0.717) is 24.3 Å². The summed E-state index contributed by atoms with van der Waals surface area (Å²) in [6, 6.07) is 6.47. The average molecular weight is 392 g/mol. The van der Waals surface area contributed by atoms with Crippen molar-refractivity contribution >= 4 is 15.9 Å². The van der Waals surface area contributed by atoms with Gasteiger partial charge >= 0.3 is 0 Å². The Kier molecular flexibility index (Phi) is 4.60. The van der Waals surface area contributed by atoms with E-state index in [9.17, 15) is 18.0 Å². The summed E-state index contributed by atoms with van der Waals surface area (Å²) in [5, 5.41) is 6.73. The third kappa shape index (κ3) is 3.67. The number of nitrogens with one attached hydrogen (secondary N) is 1. The highest BCUT2D eigenvalue weighted by Gasteiger charge is 2.46. The minimum Gasteiger partial charge on any atom is -0.463 e. The van der Waals surface area contributed by atoms with Gasteiger partial charge in [0.25, 0.3) is 5.56 Å².